The Labute approximate surface area is 180 Å². The van der Waals surface area contributed by atoms with Crippen LogP contribution in [-0.4, -0.2) is 47.2 Å². The summed E-state index contributed by atoms with van der Waals surface area (Å²) in [5.41, 5.74) is 5.63. The summed E-state index contributed by atoms with van der Waals surface area (Å²) >= 11 is 0. The first-order valence-electron chi connectivity index (χ1n) is 10.3. The van der Waals surface area contributed by atoms with E-state index in [0.717, 1.165) is 33.3 Å². The fourth-order valence-electron chi connectivity index (χ4n) is 4.41. The first-order chi connectivity index (χ1) is 15.1. The SMILES string of the molecule is CN(C)C(=O)CN1C(=O)c2ccccc2C1c1c(-c2ccccc2)[nH]c2ccccc12. The van der Waals surface area contributed by atoms with Gasteiger partial charge in [0.25, 0.3) is 5.91 Å². The van der Waals surface area contributed by atoms with Crippen molar-refractivity contribution in [1.29, 1.82) is 0 Å². The Morgan fingerprint density at radius 2 is 1.61 bits per heavy atom. The number of nitrogens with zero attached hydrogens (tertiary/aromatic N) is 2. The molecular formula is C26H23N3O2. The van der Waals surface area contributed by atoms with Crippen molar-refractivity contribution in [3.05, 3.63) is 95.6 Å². The summed E-state index contributed by atoms with van der Waals surface area (Å²) in [7, 11) is 3.43. The minimum atomic E-state index is -0.348. The van der Waals surface area contributed by atoms with Gasteiger partial charge in [0.1, 0.15) is 6.54 Å². The lowest BCUT2D eigenvalue weighted by Gasteiger charge is -2.27. The predicted molar refractivity (Wildman–Crippen MR) is 122 cm³/mol. The molecule has 1 unspecified atom stereocenters. The highest BCUT2D eigenvalue weighted by Crippen LogP contribution is 2.45. The van der Waals surface area contributed by atoms with Crippen molar-refractivity contribution >= 4 is 22.7 Å². The summed E-state index contributed by atoms with van der Waals surface area (Å²) in [6.07, 6.45) is 0. The Morgan fingerprint density at radius 1 is 0.935 bits per heavy atom. The molecule has 2 heterocycles. The number of hydrogen-bond donors (Lipinski definition) is 1. The summed E-state index contributed by atoms with van der Waals surface area (Å²) in [5, 5.41) is 1.05. The number of nitrogens with one attached hydrogen (secondary N) is 1. The van der Waals surface area contributed by atoms with Crippen LogP contribution in [0.3, 0.4) is 0 Å². The number of carbonyl (C=O) groups excluding carboxylic acids is 2. The van der Waals surface area contributed by atoms with E-state index in [-0.39, 0.29) is 24.4 Å². The van der Waals surface area contributed by atoms with E-state index in [2.05, 4.69) is 23.2 Å². The molecule has 1 N–H and O–H groups in total. The Bertz CT molecular complexity index is 1290. The Kier molecular flexibility index (Phi) is 4.59. The van der Waals surface area contributed by atoms with Gasteiger partial charge in [0.2, 0.25) is 5.91 Å². The van der Waals surface area contributed by atoms with Crippen molar-refractivity contribution in [3.8, 4) is 11.3 Å². The van der Waals surface area contributed by atoms with Crippen LogP contribution in [0, 0.1) is 0 Å². The number of fused-ring (bicyclic) bond motifs is 2. The van der Waals surface area contributed by atoms with E-state index in [1.165, 1.54) is 4.90 Å². The molecule has 2 amide bonds. The van der Waals surface area contributed by atoms with Crippen LogP contribution >= 0.6 is 0 Å². The highest BCUT2D eigenvalue weighted by molar-refractivity contribution is 6.03. The van der Waals surface area contributed by atoms with Gasteiger partial charge in [-0.05, 0) is 23.3 Å². The lowest BCUT2D eigenvalue weighted by Crippen LogP contribution is -2.39. The fraction of sp³-hybridized carbons (Fsp3) is 0.154. The molecule has 0 spiro atoms. The van der Waals surface area contributed by atoms with Crippen LogP contribution in [0.25, 0.3) is 22.2 Å². The number of H-pyrrole nitrogens is 1. The number of likely N-dealkylation sites (N-methyl/N-ethyl adjacent to an activating group) is 1. The van der Waals surface area contributed by atoms with Gasteiger partial charge in [-0.25, -0.2) is 0 Å². The Balaban J connectivity index is 1.77. The molecule has 5 rings (SSSR count). The third kappa shape index (κ3) is 3.10. The van der Waals surface area contributed by atoms with Gasteiger partial charge in [-0.15, -0.1) is 0 Å². The predicted octanol–water partition coefficient (Wildman–Crippen LogP) is 4.47. The molecule has 0 saturated carbocycles. The topological polar surface area (TPSA) is 56.4 Å². The third-order valence-corrected chi connectivity index (χ3v) is 5.94. The van der Waals surface area contributed by atoms with Crippen LogP contribution in [0.1, 0.15) is 27.5 Å². The van der Waals surface area contributed by atoms with E-state index in [1.807, 2.05) is 60.7 Å². The third-order valence-electron chi connectivity index (χ3n) is 5.94. The zero-order valence-corrected chi connectivity index (χ0v) is 17.5. The molecule has 31 heavy (non-hydrogen) atoms. The zero-order valence-electron chi connectivity index (χ0n) is 17.5. The van der Waals surface area contributed by atoms with Crippen LogP contribution in [-0.2, 0) is 4.79 Å². The molecule has 1 atom stereocenters. The first kappa shape index (κ1) is 19.1. The lowest BCUT2D eigenvalue weighted by atomic mass is 9.93. The van der Waals surface area contributed by atoms with Gasteiger partial charge in [-0.2, -0.15) is 0 Å². The molecule has 0 aliphatic carbocycles. The first-order valence-corrected chi connectivity index (χ1v) is 10.3. The molecule has 0 radical (unpaired) electrons. The van der Waals surface area contributed by atoms with E-state index in [9.17, 15) is 9.59 Å². The summed E-state index contributed by atoms with van der Waals surface area (Å²) in [6, 6.07) is 25.6. The van der Waals surface area contributed by atoms with Crippen molar-refractivity contribution in [3.63, 3.8) is 0 Å². The van der Waals surface area contributed by atoms with Crippen LogP contribution in [0.4, 0.5) is 0 Å². The van der Waals surface area contributed by atoms with Crippen LogP contribution < -0.4 is 0 Å². The van der Waals surface area contributed by atoms with Gasteiger partial charge < -0.3 is 14.8 Å². The second kappa shape index (κ2) is 7.43. The summed E-state index contributed by atoms with van der Waals surface area (Å²) in [4.78, 5) is 32.8. The van der Waals surface area contributed by atoms with Gasteiger partial charge in [0.15, 0.2) is 0 Å². The van der Waals surface area contributed by atoms with E-state index in [0.29, 0.717) is 5.56 Å². The highest BCUT2D eigenvalue weighted by Gasteiger charge is 2.41. The fourth-order valence-corrected chi connectivity index (χ4v) is 4.41. The monoisotopic (exact) mass is 409 g/mol. The smallest absolute Gasteiger partial charge is 0.255 e. The normalized spacial score (nSPS) is 15.4. The van der Waals surface area contributed by atoms with E-state index < -0.39 is 0 Å². The van der Waals surface area contributed by atoms with E-state index in [4.69, 9.17) is 0 Å². The van der Waals surface area contributed by atoms with Crippen molar-refractivity contribution in [2.75, 3.05) is 20.6 Å². The number of carbonyl (C=O) groups is 2. The molecule has 5 heteroatoms. The van der Waals surface area contributed by atoms with Gasteiger partial charge in [0, 0.05) is 36.1 Å². The molecule has 3 aromatic carbocycles. The standard InChI is InChI=1S/C26H23N3O2/c1-28(2)22(30)16-29-25(18-12-6-7-13-19(18)26(29)31)23-20-14-8-9-15-21(20)27-24(23)17-10-4-3-5-11-17/h3-15,25,27H,16H2,1-2H3. The second-order valence-electron chi connectivity index (χ2n) is 8.04. The van der Waals surface area contributed by atoms with Crippen molar-refractivity contribution in [2.45, 2.75) is 6.04 Å². The Hall–Kier alpha value is -3.86. The summed E-state index contributed by atoms with van der Waals surface area (Å²) < 4.78 is 0. The zero-order chi connectivity index (χ0) is 21.5. The van der Waals surface area contributed by atoms with Gasteiger partial charge in [-0.1, -0.05) is 66.7 Å². The van der Waals surface area contributed by atoms with E-state index >= 15 is 0 Å². The van der Waals surface area contributed by atoms with Gasteiger partial charge in [-0.3, -0.25) is 9.59 Å². The Morgan fingerprint density at radius 3 is 2.39 bits per heavy atom. The molecule has 4 aromatic rings. The number of benzene rings is 3. The van der Waals surface area contributed by atoms with Crippen molar-refractivity contribution in [2.24, 2.45) is 0 Å². The number of rotatable bonds is 4. The maximum Gasteiger partial charge on any atom is 0.255 e. The van der Waals surface area contributed by atoms with Gasteiger partial charge in [0.05, 0.1) is 11.7 Å². The van der Waals surface area contributed by atoms with Crippen LogP contribution in [0.15, 0.2) is 78.9 Å². The largest absolute Gasteiger partial charge is 0.354 e. The number of aromatic amines is 1. The van der Waals surface area contributed by atoms with Crippen molar-refractivity contribution < 1.29 is 9.59 Å². The molecule has 5 nitrogen and oxygen atoms in total. The van der Waals surface area contributed by atoms with Gasteiger partial charge >= 0.3 is 0 Å². The molecular weight excluding hydrogens is 386 g/mol. The molecule has 1 aliphatic rings. The molecule has 0 bridgehead atoms. The summed E-state index contributed by atoms with van der Waals surface area (Å²) in [6.45, 7) is 0.0267. The van der Waals surface area contributed by atoms with Crippen LogP contribution in [0.5, 0.6) is 0 Å². The molecule has 0 saturated heterocycles. The minimum Gasteiger partial charge on any atom is -0.354 e. The number of para-hydroxylation sites is 1. The lowest BCUT2D eigenvalue weighted by molar-refractivity contribution is -0.129. The minimum absolute atomic E-state index is 0.0267. The second-order valence-corrected chi connectivity index (χ2v) is 8.04. The van der Waals surface area contributed by atoms with Crippen LogP contribution in [0.2, 0.25) is 0 Å². The summed E-state index contributed by atoms with van der Waals surface area (Å²) in [5.74, 6) is -0.215. The molecule has 0 fully saturated rings. The quantitative estimate of drug-likeness (QED) is 0.541. The number of hydrogen-bond acceptors (Lipinski definition) is 2. The number of amides is 2. The highest BCUT2D eigenvalue weighted by atomic mass is 16.2. The maximum absolute atomic E-state index is 13.4. The average Bonchev–Trinajstić information content (AvgIpc) is 3.30. The molecule has 154 valence electrons. The van der Waals surface area contributed by atoms with Crippen molar-refractivity contribution in [1.82, 2.24) is 14.8 Å². The van der Waals surface area contributed by atoms with E-state index in [1.54, 1.807) is 19.0 Å². The average molecular weight is 409 g/mol. The maximum atomic E-state index is 13.4. The molecule has 1 aromatic heterocycles. The molecule has 1 aliphatic heterocycles. The number of aromatic nitrogens is 1.